The summed E-state index contributed by atoms with van der Waals surface area (Å²) in [5.74, 6) is 5.91. The molecule has 0 bridgehead atoms. The highest BCUT2D eigenvalue weighted by molar-refractivity contribution is 6.33. The molecule has 3 heteroatoms. The average Bonchev–Trinajstić information content (AvgIpc) is 2.51. The minimum Gasteiger partial charge on any atom is -0.376 e. The molecule has 1 N–H and O–H groups in total. The van der Waals surface area contributed by atoms with E-state index in [0.717, 1.165) is 22.4 Å². The average molecular weight is 342 g/mol. The second-order valence-corrected chi connectivity index (χ2v) is 7.49. The van der Waals surface area contributed by atoms with Gasteiger partial charge >= 0.3 is 0 Å². The second kappa shape index (κ2) is 7.30. The van der Waals surface area contributed by atoms with E-state index >= 15 is 0 Å². The van der Waals surface area contributed by atoms with Gasteiger partial charge in [-0.1, -0.05) is 62.4 Å². The van der Waals surface area contributed by atoms with Crippen molar-refractivity contribution in [3.63, 3.8) is 0 Å². The van der Waals surface area contributed by atoms with Crippen LogP contribution < -0.4 is 4.90 Å². The lowest BCUT2D eigenvalue weighted by Gasteiger charge is -2.28. The fourth-order valence-electron chi connectivity index (χ4n) is 2.56. The Balaban J connectivity index is 2.45. The molecule has 24 heavy (non-hydrogen) atoms. The summed E-state index contributed by atoms with van der Waals surface area (Å²) in [6.45, 7) is 6.41. The van der Waals surface area contributed by atoms with E-state index in [4.69, 9.17) is 11.6 Å². The Bertz CT molecular complexity index is 764. The minimum absolute atomic E-state index is 0.0914. The van der Waals surface area contributed by atoms with Gasteiger partial charge in [-0.05, 0) is 40.8 Å². The zero-order valence-corrected chi connectivity index (χ0v) is 15.6. The van der Waals surface area contributed by atoms with Crippen molar-refractivity contribution in [3.05, 3.63) is 64.2 Å². The molecule has 0 fully saturated rings. The Morgan fingerprint density at radius 1 is 1.08 bits per heavy atom. The predicted molar refractivity (Wildman–Crippen MR) is 103 cm³/mol. The minimum atomic E-state index is -0.875. The van der Waals surface area contributed by atoms with Crippen LogP contribution in [0.1, 0.15) is 43.6 Å². The van der Waals surface area contributed by atoms with Gasteiger partial charge in [0, 0.05) is 19.7 Å². The number of nitrogens with zero attached hydrogens (tertiary/aromatic N) is 1. The van der Waals surface area contributed by atoms with Gasteiger partial charge in [-0.15, -0.1) is 0 Å². The molecule has 0 aliphatic heterocycles. The molecular formula is C21H24ClNO. The molecule has 0 saturated heterocycles. The van der Waals surface area contributed by atoms with Crippen molar-refractivity contribution < 1.29 is 5.11 Å². The van der Waals surface area contributed by atoms with Crippen LogP contribution >= 0.6 is 11.6 Å². The van der Waals surface area contributed by atoms with Crippen LogP contribution in [0.2, 0.25) is 5.02 Å². The van der Waals surface area contributed by atoms with Gasteiger partial charge < -0.3 is 10.0 Å². The lowest BCUT2D eigenvalue weighted by atomic mass is 9.84. The number of hydrogen-bond donors (Lipinski definition) is 1. The number of benzene rings is 2. The Labute approximate surface area is 150 Å². The summed E-state index contributed by atoms with van der Waals surface area (Å²) < 4.78 is 0. The molecular weight excluding hydrogens is 318 g/mol. The van der Waals surface area contributed by atoms with E-state index in [0.29, 0.717) is 5.02 Å². The van der Waals surface area contributed by atoms with Crippen LogP contribution in [-0.2, 0) is 5.41 Å². The molecule has 1 unspecified atom stereocenters. The van der Waals surface area contributed by atoms with E-state index in [2.05, 4.69) is 32.6 Å². The van der Waals surface area contributed by atoms with Crippen LogP contribution in [0.25, 0.3) is 0 Å². The Kier molecular flexibility index (Phi) is 5.59. The van der Waals surface area contributed by atoms with Gasteiger partial charge in [0.25, 0.3) is 0 Å². The number of halogens is 1. The van der Waals surface area contributed by atoms with E-state index in [1.165, 1.54) is 0 Å². The highest BCUT2D eigenvalue weighted by Crippen LogP contribution is 2.38. The van der Waals surface area contributed by atoms with Crippen LogP contribution in [0.4, 0.5) is 5.69 Å². The van der Waals surface area contributed by atoms with Gasteiger partial charge in [-0.2, -0.15) is 0 Å². The Morgan fingerprint density at radius 3 is 2.25 bits per heavy atom. The first-order chi connectivity index (χ1) is 11.2. The summed E-state index contributed by atoms with van der Waals surface area (Å²) in [4.78, 5) is 2.01. The maximum atomic E-state index is 10.5. The molecule has 2 nitrogen and oxygen atoms in total. The number of aliphatic hydroxyl groups excluding tert-OH is 1. The van der Waals surface area contributed by atoms with Crippen molar-refractivity contribution >= 4 is 17.3 Å². The summed E-state index contributed by atoms with van der Waals surface area (Å²) in [5.41, 5.74) is 3.58. The fourth-order valence-corrected chi connectivity index (χ4v) is 2.96. The van der Waals surface area contributed by atoms with Crippen molar-refractivity contribution in [3.8, 4) is 11.8 Å². The third-order valence-corrected chi connectivity index (χ3v) is 4.07. The monoisotopic (exact) mass is 341 g/mol. The lowest BCUT2D eigenvalue weighted by molar-refractivity contribution is 0.238. The maximum Gasteiger partial charge on any atom is 0.140 e. The number of hydrogen-bond acceptors (Lipinski definition) is 2. The van der Waals surface area contributed by atoms with Crippen molar-refractivity contribution in [2.75, 3.05) is 19.0 Å². The van der Waals surface area contributed by atoms with Gasteiger partial charge in [-0.25, -0.2) is 0 Å². The zero-order valence-electron chi connectivity index (χ0n) is 14.9. The summed E-state index contributed by atoms with van der Waals surface area (Å²) >= 11 is 6.50. The number of rotatable bonds is 2. The standard InChI is InChI=1S/C21H24ClNO/c1-21(2,3)17-13-16(14-18(22)20(17)23(4)5)19(24)12-11-15-9-7-6-8-10-15/h6-10,13-14,19,24H,1-5H3. The highest BCUT2D eigenvalue weighted by atomic mass is 35.5. The first-order valence-corrected chi connectivity index (χ1v) is 8.34. The molecule has 2 aromatic rings. The molecule has 0 heterocycles. The van der Waals surface area contributed by atoms with Gasteiger partial charge in [0.05, 0.1) is 10.7 Å². The first kappa shape index (κ1) is 18.4. The molecule has 0 aliphatic rings. The van der Waals surface area contributed by atoms with E-state index < -0.39 is 6.10 Å². The topological polar surface area (TPSA) is 23.5 Å². The fraction of sp³-hybridized carbons (Fsp3) is 0.333. The second-order valence-electron chi connectivity index (χ2n) is 7.08. The third-order valence-electron chi connectivity index (χ3n) is 3.78. The summed E-state index contributed by atoms with van der Waals surface area (Å²) in [7, 11) is 3.95. The largest absolute Gasteiger partial charge is 0.376 e. The summed E-state index contributed by atoms with van der Waals surface area (Å²) in [6.07, 6.45) is -0.875. The van der Waals surface area contributed by atoms with E-state index in [-0.39, 0.29) is 5.41 Å². The highest BCUT2D eigenvalue weighted by Gasteiger charge is 2.23. The summed E-state index contributed by atoms with van der Waals surface area (Å²) in [5, 5.41) is 11.1. The maximum absolute atomic E-state index is 10.5. The van der Waals surface area contributed by atoms with Crippen LogP contribution in [0.5, 0.6) is 0 Å². The van der Waals surface area contributed by atoms with Crippen LogP contribution in [-0.4, -0.2) is 19.2 Å². The van der Waals surface area contributed by atoms with E-state index in [9.17, 15) is 5.11 Å². The van der Waals surface area contributed by atoms with Crippen molar-refractivity contribution in [1.82, 2.24) is 0 Å². The van der Waals surface area contributed by atoms with Crippen molar-refractivity contribution in [1.29, 1.82) is 0 Å². The molecule has 1 atom stereocenters. The van der Waals surface area contributed by atoms with Gasteiger partial charge in [0.1, 0.15) is 6.10 Å². The smallest absolute Gasteiger partial charge is 0.140 e. The number of anilines is 1. The predicted octanol–water partition coefficient (Wildman–Crippen LogP) is 4.79. The molecule has 2 rings (SSSR count). The van der Waals surface area contributed by atoms with Crippen molar-refractivity contribution in [2.24, 2.45) is 0 Å². The first-order valence-electron chi connectivity index (χ1n) is 7.96. The van der Waals surface area contributed by atoms with Gasteiger partial charge in [-0.3, -0.25) is 0 Å². The Hall–Kier alpha value is -1.95. The van der Waals surface area contributed by atoms with Gasteiger partial charge in [0.15, 0.2) is 0 Å². The molecule has 126 valence electrons. The molecule has 0 radical (unpaired) electrons. The normalized spacial score (nSPS) is 12.3. The van der Waals surface area contributed by atoms with Crippen LogP contribution in [0.3, 0.4) is 0 Å². The molecule has 0 spiro atoms. The van der Waals surface area contributed by atoms with E-state index in [1.807, 2.05) is 55.4 Å². The molecule has 0 aromatic heterocycles. The number of aliphatic hydroxyl groups is 1. The van der Waals surface area contributed by atoms with Crippen molar-refractivity contribution in [2.45, 2.75) is 32.3 Å². The molecule has 2 aromatic carbocycles. The quantitative estimate of drug-likeness (QED) is 0.794. The molecule has 0 saturated carbocycles. The van der Waals surface area contributed by atoms with Crippen LogP contribution in [0.15, 0.2) is 42.5 Å². The summed E-state index contributed by atoms with van der Waals surface area (Å²) in [6, 6.07) is 13.4. The molecule has 0 amide bonds. The van der Waals surface area contributed by atoms with E-state index in [1.54, 1.807) is 6.07 Å². The Morgan fingerprint density at radius 2 is 1.71 bits per heavy atom. The van der Waals surface area contributed by atoms with Crippen LogP contribution in [0, 0.1) is 11.8 Å². The lowest BCUT2D eigenvalue weighted by Crippen LogP contribution is -2.20. The zero-order chi connectivity index (χ0) is 17.9. The SMILES string of the molecule is CN(C)c1c(Cl)cc(C(O)C#Cc2ccccc2)cc1C(C)(C)C. The molecule has 0 aliphatic carbocycles. The van der Waals surface area contributed by atoms with Gasteiger partial charge in [0.2, 0.25) is 0 Å². The third kappa shape index (κ3) is 4.32.